The van der Waals surface area contributed by atoms with E-state index in [1.54, 1.807) is 12.0 Å². The fraction of sp³-hybridized carbons (Fsp3) is 0.385. The largest absolute Gasteiger partial charge is 0.380 e. The van der Waals surface area contributed by atoms with Crippen molar-refractivity contribution in [1.29, 1.82) is 0 Å². The highest BCUT2D eigenvalue weighted by molar-refractivity contribution is 5.92. The summed E-state index contributed by atoms with van der Waals surface area (Å²) < 4.78 is 18.0. The van der Waals surface area contributed by atoms with Crippen LogP contribution in [-0.4, -0.2) is 42.6 Å². The number of hydrogen-bond acceptors (Lipinski definition) is 3. The highest BCUT2D eigenvalue weighted by Crippen LogP contribution is 2.13. The SMILES string of the molecule is COCC1=CCN(C(=O)c2cccc(F)n2)CC1. The molecule has 1 amide bonds. The summed E-state index contributed by atoms with van der Waals surface area (Å²) in [4.78, 5) is 17.3. The van der Waals surface area contributed by atoms with E-state index in [1.807, 2.05) is 6.08 Å². The molecule has 0 unspecified atom stereocenters. The van der Waals surface area contributed by atoms with Gasteiger partial charge in [-0.15, -0.1) is 0 Å². The van der Waals surface area contributed by atoms with Gasteiger partial charge in [0.1, 0.15) is 5.69 Å². The first-order valence-electron chi connectivity index (χ1n) is 5.79. The van der Waals surface area contributed by atoms with Crippen LogP contribution in [-0.2, 0) is 4.74 Å². The Bertz CT molecular complexity index is 474. The third kappa shape index (κ3) is 2.92. The topological polar surface area (TPSA) is 42.4 Å². The van der Waals surface area contributed by atoms with Gasteiger partial charge in [-0.3, -0.25) is 4.79 Å². The lowest BCUT2D eigenvalue weighted by Crippen LogP contribution is -2.35. The van der Waals surface area contributed by atoms with Gasteiger partial charge in [-0.05, 0) is 24.1 Å². The molecule has 0 N–H and O–H groups in total. The van der Waals surface area contributed by atoms with Crippen molar-refractivity contribution in [3.63, 3.8) is 0 Å². The predicted molar refractivity (Wildman–Crippen MR) is 64.7 cm³/mol. The molecular formula is C13H15FN2O2. The number of ether oxygens (including phenoxy) is 1. The number of nitrogens with zero attached hydrogens (tertiary/aromatic N) is 2. The van der Waals surface area contributed by atoms with Crippen molar-refractivity contribution in [3.8, 4) is 0 Å². The number of amides is 1. The van der Waals surface area contributed by atoms with E-state index in [0.29, 0.717) is 19.7 Å². The van der Waals surface area contributed by atoms with Gasteiger partial charge in [0.15, 0.2) is 0 Å². The Morgan fingerprint density at radius 3 is 3.00 bits per heavy atom. The van der Waals surface area contributed by atoms with Crippen molar-refractivity contribution >= 4 is 5.91 Å². The molecule has 4 nitrogen and oxygen atoms in total. The van der Waals surface area contributed by atoms with E-state index in [4.69, 9.17) is 4.74 Å². The third-order valence-corrected chi connectivity index (χ3v) is 2.85. The van der Waals surface area contributed by atoms with Gasteiger partial charge in [0.05, 0.1) is 6.61 Å². The summed E-state index contributed by atoms with van der Waals surface area (Å²) in [5.41, 5.74) is 1.34. The van der Waals surface area contributed by atoms with Crippen LogP contribution in [0.2, 0.25) is 0 Å². The molecular weight excluding hydrogens is 235 g/mol. The molecule has 1 aromatic heterocycles. The van der Waals surface area contributed by atoms with Crippen LogP contribution in [0.5, 0.6) is 0 Å². The lowest BCUT2D eigenvalue weighted by atomic mass is 10.1. The molecule has 0 fully saturated rings. The first-order valence-corrected chi connectivity index (χ1v) is 5.79. The minimum absolute atomic E-state index is 0.151. The van der Waals surface area contributed by atoms with Crippen molar-refractivity contribution in [2.75, 3.05) is 26.8 Å². The minimum Gasteiger partial charge on any atom is -0.380 e. The van der Waals surface area contributed by atoms with E-state index in [1.165, 1.54) is 23.8 Å². The third-order valence-electron chi connectivity index (χ3n) is 2.85. The van der Waals surface area contributed by atoms with Gasteiger partial charge < -0.3 is 9.64 Å². The smallest absolute Gasteiger partial charge is 0.272 e. The molecule has 2 rings (SSSR count). The summed E-state index contributed by atoms with van der Waals surface area (Å²) in [6.07, 6.45) is 2.76. The molecule has 0 saturated heterocycles. The summed E-state index contributed by atoms with van der Waals surface area (Å²) in [5.74, 6) is -0.865. The molecule has 1 aliphatic heterocycles. The molecule has 96 valence electrons. The second-order valence-corrected chi connectivity index (χ2v) is 4.14. The Balaban J connectivity index is 2.04. The van der Waals surface area contributed by atoms with Crippen LogP contribution in [0.1, 0.15) is 16.9 Å². The van der Waals surface area contributed by atoms with Crippen LogP contribution in [0.3, 0.4) is 0 Å². The van der Waals surface area contributed by atoms with Crippen molar-refractivity contribution in [3.05, 3.63) is 41.5 Å². The maximum Gasteiger partial charge on any atom is 0.272 e. The Labute approximate surface area is 105 Å². The van der Waals surface area contributed by atoms with E-state index < -0.39 is 5.95 Å². The van der Waals surface area contributed by atoms with Crippen LogP contribution in [0.15, 0.2) is 29.8 Å². The van der Waals surface area contributed by atoms with E-state index >= 15 is 0 Å². The zero-order valence-corrected chi connectivity index (χ0v) is 10.2. The molecule has 1 aliphatic rings. The van der Waals surface area contributed by atoms with Gasteiger partial charge in [-0.25, -0.2) is 4.98 Å². The summed E-state index contributed by atoms with van der Waals surface area (Å²) in [6.45, 7) is 1.74. The molecule has 1 aromatic rings. The molecule has 5 heteroatoms. The van der Waals surface area contributed by atoms with Crippen molar-refractivity contribution in [2.24, 2.45) is 0 Å². The highest BCUT2D eigenvalue weighted by atomic mass is 19.1. The lowest BCUT2D eigenvalue weighted by molar-refractivity contribution is 0.0758. The maximum absolute atomic E-state index is 12.9. The van der Waals surface area contributed by atoms with Crippen LogP contribution in [0.25, 0.3) is 0 Å². The highest BCUT2D eigenvalue weighted by Gasteiger charge is 2.19. The number of carbonyl (C=O) groups excluding carboxylic acids is 1. The molecule has 0 aromatic carbocycles. The molecule has 18 heavy (non-hydrogen) atoms. The fourth-order valence-corrected chi connectivity index (χ4v) is 1.90. The Hall–Kier alpha value is -1.75. The molecule has 0 radical (unpaired) electrons. The molecule has 0 spiro atoms. The van der Waals surface area contributed by atoms with Crippen molar-refractivity contribution in [2.45, 2.75) is 6.42 Å². The zero-order valence-electron chi connectivity index (χ0n) is 10.2. The average molecular weight is 250 g/mol. The fourth-order valence-electron chi connectivity index (χ4n) is 1.90. The maximum atomic E-state index is 12.9. The Morgan fingerprint density at radius 2 is 2.39 bits per heavy atom. The van der Waals surface area contributed by atoms with E-state index in [-0.39, 0.29) is 11.6 Å². The summed E-state index contributed by atoms with van der Waals surface area (Å²) in [6, 6.07) is 4.25. The van der Waals surface area contributed by atoms with Crippen LogP contribution < -0.4 is 0 Å². The second kappa shape index (κ2) is 5.73. The zero-order chi connectivity index (χ0) is 13.0. The summed E-state index contributed by atoms with van der Waals surface area (Å²) >= 11 is 0. The van der Waals surface area contributed by atoms with Gasteiger partial charge in [-0.1, -0.05) is 12.1 Å². The second-order valence-electron chi connectivity index (χ2n) is 4.14. The quantitative estimate of drug-likeness (QED) is 0.605. The van der Waals surface area contributed by atoms with Gasteiger partial charge in [0, 0.05) is 20.2 Å². The standard InChI is InChI=1S/C13H15FN2O2/c1-18-9-10-5-7-16(8-6-10)13(17)11-3-2-4-12(14)15-11/h2-5H,6-9H2,1H3. The number of rotatable bonds is 3. The lowest BCUT2D eigenvalue weighted by Gasteiger charge is -2.26. The van der Waals surface area contributed by atoms with E-state index in [2.05, 4.69) is 4.98 Å². The number of carbonyl (C=O) groups is 1. The molecule has 0 atom stereocenters. The molecule has 0 aliphatic carbocycles. The number of methoxy groups -OCH3 is 1. The summed E-state index contributed by atoms with van der Waals surface area (Å²) in [7, 11) is 1.65. The first-order chi connectivity index (χ1) is 8.70. The van der Waals surface area contributed by atoms with Gasteiger partial charge >= 0.3 is 0 Å². The Kier molecular flexibility index (Phi) is 4.04. The van der Waals surface area contributed by atoms with E-state index in [0.717, 1.165) is 6.42 Å². The summed E-state index contributed by atoms with van der Waals surface area (Å²) in [5, 5.41) is 0. The molecule has 0 bridgehead atoms. The van der Waals surface area contributed by atoms with Gasteiger partial charge in [0.25, 0.3) is 5.91 Å². The first kappa shape index (κ1) is 12.7. The number of hydrogen-bond donors (Lipinski definition) is 0. The monoisotopic (exact) mass is 250 g/mol. The predicted octanol–water partition coefficient (Wildman–Crippen LogP) is 1.64. The van der Waals surface area contributed by atoms with Crippen molar-refractivity contribution < 1.29 is 13.9 Å². The van der Waals surface area contributed by atoms with Crippen LogP contribution in [0, 0.1) is 5.95 Å². The van der Waals surface area contributed by atoms with Gasteiger partial charge in [-0.2, -0.15) is 4.39 Å². The van der Waals surface area contributed by atoms with Crippen LogP contribution >= 0.6 is 0 Å². The number of halogens is 1. The van der Waals surface area contributed by atoms with Gasteiger partial charge in [0.2, 0.25) is 5.95 Å². The number of pyridine rings is 1. The normalized spacial score (nSPS) is 15.4. The van der Waals surface area contributed by atoms with Crippen molar-refractivity contribution in [1.82, 2.24) is 9.88 Å². The average Bonchev–Trinajstić information content (AvgIpc) is 2.39. The number of aromatic nitrogens is 1. The molecule has 0 saturated carbocycles. The van der Waals surface area contributed by atoms with Crippen LogP contribution in [0.4, 0.5) is 4.39 Å². The minimum atomic E-state index is -0.631. The Morgan fingerprint density at radius 1 is 1.56 bits per heavy atom. The molecule has 2 heterocycles. The van der Waals surface area contributed by atoms with E-state index in [9.17, 15) is 9.18 Å².